The van der Waals surface area contributed by atoms with Gasteiger partial charge < -0.3 is 9.47 Å². The summed E-state index contributed by atoms with van der Waals surface area (Å²) in [6, 6.07) is 1.16. The fraction of sp³-hybridized carbons (Fsp3) is 0.273. The van der Waals surface area contributed by atoms with Crippen molar-refractivity contribution in [1.82, 2.24) is 0 Å². The van der Waals surface area contributed by atoms with E-state index in [4.69, 9.17) is 0 Å². The molecular formula is C11H9F2NO6. The van der Waals surface area contributed by atoms with E-state index >= 15 is 0 Å². The maximum absolute atomic E-state index is 13.8. The third-order valence-corrected chi connectivity index (χ3v) is 2.47. The van der Waals surface area contributed by atoms with E-state index in [2.05, 4.69) is 9.47 Å². The van der Waals surface area contributed by atoms with E-state index in [0.717, 1.165) is 14.2 Å². The van der Waals surface area contributed by atoms with Crippen molar-refractivity contribution in [2.45, 2.75) is 5.92 Å². The first kappa shape index (κ1) is 15.5. The number of benzene rings is 1. The van der Waals surface area contributed by atoms with Crippen molar-refractivity contribution in [3.05, 3.63) is 39.4 Å². The number of nitrogens with zero attached hydrogens (tertiary/aromatic N) is 1. The smallest absolute Gasteiger partial charge is 0.325 e. The minimum absolute atomic E-state index is 0.516. The lowest BCUT2D eigenvalue weighted by atomic mass is 9.96. The number of carbonyl (C=O) groups excluding carboxylic acids is 2. The summed E-state index contributed by atoms with van der Waals surface area (Å²) >= 11 is 0. The molecule has 0 aliphatic heterocycles. The summed E-state index contributed by atoms with van der Waals surface area (Å²) in [5.74, 6) is -7.81. The van der Waals surface area contributed by atoms with E-state index in [-0.39, 0.29) is 0 Å². The second-order valence-corrected chi connectivity index (χ2v) is 3.53. The van der Waals surface area contributed by atoms with Crippen LogP contribution in [0.3, 0.4) is 0 Å². The molecule has 0 bridgehead atoms. The predicted molar refractivity (Wildman–Crippen MR) is 59.8 cm³/mol. The summed E-state index contributed by atoms with van der Waals surface area (Å²) in [4.78, 5) is 32.8. The van der Waals surface area contributed by atoms with Crippen LogP contribution in [0.5, 0.6) is 0 Å². The van der Waals surface area contributed by atoms with Gasteiger partial charge in [0.15, 0.2) is 17.6 Å². The SMILES string of the molecule is COC(=O)C(C(=O)OC)c1c([N+](=O)[O-])ccc(F)c1F. The van der Waals surface area contributed by atoms with Crippen LogP contribution in [0.2, 0.25) is 0 Å². The molecular weight excluding hydrogens is 280 g/mol. The fourth-order valence-corrected chi connectivity index (χ4v) is 1.56. The first-order valence-corrected chi connectivity index (χ1v) is 5.13. The Hall–Kier alpha value is -2.58. The van der Waals surface area contributed by atoms with Crippen molar-refractivity contribution in [2.24, 2.45) is 0 Å². The highest BCUT2D eigenvalue weighted by molar-refractivity contribution is 6.01. The molecule has 0 unspecified atom stereocenters. The average Bonchev–Trinajstić information content (AvgIpc) is 2.42. The molecule has 1 aromatic carbocycles. The molecule has 0 saturated carbocycles. The molecule has 1 aromatic rings. The standard InChI is InChI=1S/C11H9F2NO6/c1-19-10(15)8(11(16)20-2)7-6(14(17)18)4-3-5(12)9(7)13/h3-4,8H,1-2H3. The molecule has 20 heavy (non-hydrogen) atoms. The number of hydrogen-bond donors (Lipinski definition) is 0. The van der Waals surface area contributed by atoms with Crippen LogP contribution in [0.15, 0.2) is 12.1 Å². The molecule has 0 aliphatic rings. The van der Waals surface area contributed by atoms with Crippen LogP contribution in [0.25, 0.3) is 0 Å². The van der Waals surface area contributed by atoms with Crippen LogP contribution >= 0.6 is 0 Å². The van der Waals surface area contributed by atoms with Crippen LogP contribution < -0.4 is 0 Å². The van der Waals surface area contributed by atoms with Gasteiger partial charge in [-0.15, -0.1) is 0 Å². The number of hydrogen-bond acceptors (Lipinski definition) is 6. The highest BCUT2D eigenvalue weighted by atomic mass is 19.2. The molecule has 0 spiro atoms. The van der Waals surface area contributed by atoms with Gasteiger partial charge >= 0.3 is 11.9 Å². The number of methoxy groups -OCH3 is 2. The van der Waals surface area contributed by atoms with E-state index < -0.39 is 45.7 Å². The Morgan fingerprint density at radius 3 is 2.10 bits per heavy atom. The number of nitro benzene ring substituents is 1. The summed E-state index contributed by atoms with van der Waals surface area (Å²) in [5.41, 5.74) is -1.96. The Kier molecular flexibility index (Phi) is 4.68. The molecule has 0 atom stereocenters. The van der Waals surface area contributed by atoms with Gasteiger partial charge in [0.05, 0.1) is 24.7 Å². The maximum atomic E-state index is 13.8. The molecule has 0 radical (unpaired) electrons. The highest BCUT2D eigenvalue weighted by Crippen LogP contribution is 2.32. The van der Waals surface area contributed by atoms with Crippen molar-refractivity contribution in [3.8, 4) is 0 Å². The van der Waals surface area contributed by atoms with Gasteiger partial charge in [-0.2, -0.15) is 0 Å². The van der Waals surface area contributed by atoms with Gasteiger partial charge in [0.1, 0.15) is 0 Å². The predicted octanol–water partition coefficient (Wildman–Crippen LogP) is 1.30. The van der Waals surface area contributed by atoms with Gasteiger partial charge in [-0.25, -0.2) is 8.78 Å². The van der Waals surface area contributed by atoms with Crippen molar-refractivity contribution >= 4 is 17.6 Å². The van der Waals surface area contributed by atoms with E-state index in [1.54, 1.807) is 0 Å². The van der Waals surface area contributed by atoms with Crippen LogP contribution in [-0.2, 0) is 19.1 Å². The zero-order chi connectivity index (χ0) is 15.4. The molecule has 1 rings (SSSR count). The number of esters is 2. The summed E-state index contributed by atoms with van der Waals surface area (Å²) in [7, 11) is 1.78. The van der Waals surface area contributed by atoms with Crippen molar-refractivity contribution < 1.29 is 32.8 Å². The highest BCUT2D eigenvalue weighted by Gasteiger charge is 2.39. The van der Waals surface area contributed by atoms with E-state index in [0.29, 0.717) is 12.1 Å². The molecule has 9 heteroatoms. The van der Waals surface area contributed by atoms with E-state index in [1.165, 1.54) is 0 Å². The molecule has 0 aromatic heterocycles. The van der Waals surface area contributed by atoms with Crippen LogP contribution in [0.4, 0.5) is 14.5 Å². The Morgan fingerprint density at radius 1 is 1.20 bits per heavy atom. The van der Waals surface area contributed by atoms with Crippen molar-refractivity contribution in [1.29, 1.82) is 0 Å². The molecule has 0 fully saturated rings. The first-order valence-electron chi connectivity index (χ1n) is 5.13. The normalized spacial score (nSPS) is 10.2. The molecule has 0 heterocycles. The molecule has 0 N–H and O–H groups in total. The third-order valence-electron chi connectivity index (χ3n) is 2.47. The average molecular weight is 289 g/mol. The quantitative estimate of drug-likeness (QED) is 0.359. The van der Waals surface area contributed by atoms with Crippen molar-refractivity contribution in [3.63, 3.8) is 0 Å². The molecule has 0 aliphatic carbocycles. The van der Waals surface area contributed by atoms with Gasteiger partial charge in [0.25, 0.3) is 5.69 Å². The van der Waals surface area contributed by atoms with Gasteiger partial charge in [-0.3, -0.25) is 19.7 Å². The molecule has 7 nitrogen and oxygen atoms in total. The Labute approximate surface area is 111 Å². The molecule has 108 valence electrons. The Morgan fingerprint density at radius 2 is 1.70 bits per heavy atom. The van der Waals surface area contributed by atoms with Crippen LogP contribution in [0.1, 0.15) is 11.5 Å². The largest absolute Gasteiger partial charge is 0.468 e. The van der Waals surface area contributed by atoms with Gasteiger partial charge in [0, 0.05) is 6.07 Å². The second-order valence-electron chi connectivity index (χ2n) is 3.53. The maximum Gasteiger partial charge on any atom is 0.325 e. The van der Waals surface area contributed by atoms with Crippen LogP contribution in [0, 0.1) is 21.7 Å². The summed E-state index contributed by atoms with van der Waals surface area (Å²) in [6.07, 6.45) is 0. The lowest BCUT2D eigenvalue weighted by molar-refractivity contribution is -0.385. The number of halogens is 2. The van der Waals surface area contributed by atoms with Gasteiger partial charge in [-0.05, 0) is 6.07 Å². The van der Waals surface area contributed by atoms with Crippen molar-refractivity contribution in [2.75, 3.05) is 14.2 Å². The molecule has 0 amide bonds. The van der Waals surface area contributed by atoms with E-state index in [9.17, 15) is 28.5 Å². The Balaban J connectivity index is 3.61. The molecule has 0 saturated heterocycles. The minimum atomic E-state index is -2.08. The summed E-state index contributed by atoms with van der Waals surface area (Å²) in [5, 5.41) is 10.8. The topological polar surface area (TPSA) is 95.7 Å². The van der Waals surface area contributed by atoms with Gasteiger partial charge in [0.2, 0.25) is 0 Å². The number of carbonyl (C=O) groups is 2. The number of nitro groups is 1. The zero-order valence-corrected chi connectivity index (χ0v) is 10.4. The third kappa shape index (κ3) is 2.71. The second kappa shape index (κ2) is 6.04. The Bertz CT molecular complexity index is 558. The minimum Gasteiger partial charge on any atom is -0.468 e. The zero-order valence-electron chi connectivity index (χ0n) is 10.4. The monoisotopic (exact) mass is 289 g/mol. The lowest BCUT2D eigenvalue weighted by Gasteiger charge is -2.13. The lowest BCUT2D eigenvalue weighted by Crippen LogP contribution is -2.26. The number of ether oxygens (including phenoxy) is 2. The fourth-order valence-electron chi connectivity index (χ4n) is 1.56. The first-order chi connectivity index (χ1) is 9.34. The summed E-state index contributed by atoms with van der Waals surface area (Å²) < 4.78 is 35.5. The number of rotatable bonds is 4. The summed E-state index contributed by atoms with van der Waals surface area (Å²) in [6.45, 7) is 0. The van der Waals surface area contributed by atoms with E-state index in [1.807, 2.05) is 0 Å². The van der Waals surface area contributed by atoms with Gasteiger partial charge in [-0.1, -0.05) is 0 Å². The van der Waals surface area contributed by atoms with Crippen LogP contribution in [-0.4, -0.2) is 31.1 Å².